The highest BCUT2D eigenvalue weighted by molar-refractivity contribution is 5.81. The summed E-state index contributed by atoms with van der Waals surface area (Å²) in [7, 11) is 0. The Labute approximate surface area is 151 Å². The van der Waals surface area contributed by atoms with Gasteiger partial charge in [0.15, 0.2) is 0 Å². The fraction of sp³-hybridized carbons (Fsp3) is 0.381. The topological polar surface area (TPSA) is 49.3 Å². The maximum absolute atomic E-state index is 13.7. The van der Waals surface area contributed by atoms with Crippen molar-refractivity contribution in [2.75, 3.05) is 0 Å². The van der Waals surface area contributed by atoms with Gasteiger partial charge in [0.05, 0.1) is 6.04 Å². The number of amides is 1. The molecule has 0 spiro atoms. The minimum absolute atomic E-state index is 0.390. The Balaban J connectivity index is 1.57. The average molecular weight is 357 g/mol. The van der Waals surface area contributed by atoms with Crippen LogP contribution in [0.3, 0.4) is 0 Å². The zero-order valence-electron chi connectivity index (χ0n) is 14.2. The summed E-state index contributed by atoms with van der Waals surface area (Å²) in [6.07, 6.45) is -0.0772. The number of carbonyl (C=O) groups is 1. The van der Waals surface area contributed by atoms with E-state index in [-0.39, 0.29) is 0 Å². The van der Waals surface area contributed by atoms with E-state index in [0.717, 1.165) is 5.56 Å². The minimum Gasteiger partial charge on any atom is -0.386 e. The fourth-order valence-electron chi connectivity index (χ4n) is 4.28. The highest BCUT2D eigenvalue weighted by atomic mass is 19.3. The van der Waals surface area contributed by atoms with E-state index in [4.69, 9.17) is 0 Å². The maximum atomic E-state index is 13.7. The Morgan fingerprint density at radius 3 is 2.12 bits per heavy atom. The lowest BCUT2D eigenvalue weighted by molar-refractivity contribution is -0.128. The molecule has 2 aliphatic carbocycles. The van der Waals surface area contributed by atoms with Crippen LogP contribution in [0.25, 0.3) is 0 Å². The molecule has 5 heteroatoms. The van der Waals surface area contributed by atoms with E-state index in [1.165, 1.54) is 0 Å². The van der Waals surface area contributed by atoms with Crippen LogP contribution in [-0.2, 0) is 4.79 Å². The predicted molar refractivity (Wildman–Crippen MR) is 93.4 cm³/mol. The molecule has 136 valence electrons. The molecule has 5 atom stereocenters. The molecule has 2 aliphatic rings. The Kier molecular flexibility index (Phi) is 4.27. The number of aliphatic hydroxyl groups is 1. The van der Waals surface area contributed by atoms with Gasteiger partial charge in [0.25, 0.3) is 5.92 Å². The molecule has 2 N–H and O–H groups in total. The highest BCUT2D eigenvalue weighted by Gasteiger charge is 2.74. The van der Waals surface area contributed by atoms with Crippen LogP contribution in [0.5, 0.6) is 0 Å². The molecule has 2 fully saturated rings. The normalized spacial score (nSPS) is 28.0. The van der Waals surface area contributed by atoms with E-state index in [1.54, 1.807) is 12.1 Å². The molecule has 0 aromatic heterocycles. The summed E-state index contributed by atoms with van der Waals surface area (Å²) in [6.45, 7) is 0. The van der Waals surface area contributed by atoms with Crippen molar-refractivity contribution in [3.8, 4) is 0 Å². The average Bonchev–Trinajstić information content (AvgIpc) is 3.01. The van der Waals surface area contributed by atoms with Gasteiger partial charge in [0, 0.05) is 17.8 Å². The SMILES string of the molecule is O=C(N[C@@H](c1ccccc1)[C@H](O)c1ccccc1)C1CCC2C1C2(F)F. The smallest absolute Gasteiger partial charge is 0.255 e. The van der Waals surface area contributed by atoms with E-state index in [0.29, 0.717) is 18.4 Å². The Morgan fingerprint density at radius 2 is 1.58 bits per heavy atom. The number of alkyl halides is 2. The molecule has 26 heavy (non-hydrogen) atoms. The number of benzene rings is 2. The zero-order valence-corrected chi connectivity index (χ0v) is 14.2. The Bertz CT molecular complexity index is 781. The number of halogens is 2. The molecule has 0 radical (unpaired) electrons. The van der Waals surface area contributed by atoms with Crippen LogP contribution >= 0.6 is 0 Å². The van der Waals surface area contributed by atoms with Crippen LogP contribution < -0.4 is 5.32 Å². The van der Waals surface area contributed by atoms with Crippen LogP contribution in [0, 0.1) is 17.8 Å². The zero-order chi connectivity index (χ0) is 18.3. The van der Waals surface area contributed by atoms with Gasteiger partial charge in [0.1, 0.15) is 6.10 Å². The Hall–Kier alpha value is -2.27. The van der Waals surface area contributed by atoms with Gasteiger partial charge in [-0.15, -0.1) is 0 Å². The van der Waals surface area contributed by atoms with Gasteiger partial charge in [-0.1, -0.05) is 60.7 Å². The van der Waals surface area contributed by atoms with Crippen molar-refractivity contribution in [2.45, 2.75) is 30.9 Å². The van der Waals surface area contributed by atoms with E-state index in [1.807, 2.05) is 48.5 Å². The first-order valence-electron chi connectivity index (χ1n) is 8.96. The summed E-state index contributed by atoms with van der Waals surface area (Å²) >= 11 is 0. The lowest BCUT2D eigenvalue weighted by Crippen LogP contribution is -2.38. The van der Waals surface area contributed by atoms with Crippen molar-refractivity contribution < 1.29 is 18.7 Å². The van der Waals surface area contributed by atoms with Gasteiger partial charge >= 0.3 is 0 Å². The number of fused-ring (bicyclic) bond motifs is 1. The molecule has 3 unspecified atom stereocenters. The van der Waals surface area contributed by atoms with Crippen molar-refractivity contribution in [1.29, 1.82) is 0 Å². The summed E-state index contributed by atoms with van der Waals surface area (Å²) in [5.41, 5.74) is 1.41. The van der Waals surface area contributed by atoms with Crippen LogP contribution in [-0.4, -0.2) is 16.9 Å². The summed E-state index contributed by atoms with van der Waals surface area (Å²) in [6, 6.07) is 17.5. The van der Waals surface area contributed by atoms with Gasteiger partial charge in [-0.2, -0.15) is 0 Å². The second-order valence-corrected chi connectivity index (χ2v) is 7.24. The molecule has 2 aromatic carbocycles. The number of hydrogen-bond donors (Lipinski definition) is 2. The number of aliphatic hydroxyl groups excluding tert-OH is 1. The fourth-order valence-corrected chi connectivity index (χ4v) is 4.28. The van der Waals surface area contributed by atoms with Gasteiger partial charge in [-0.3, -0.25) is 4.79 Å². The first-order valence-corrected chi connectivity index (χ1v) is 8.96. The second kappa shape index (κ2) is 6.47. The van der Waals surface area contributed by atoms with Crippen LogP contribution in [0.15, 0.2) is 60.7 Å². The largest absolute Gasteiger partial charge is 0.386 e. The van der Waals surface area contributed by atoms with Gasteiger partial charge in [-0.05, 0) is 24.0 Å². The van der Waals surface area contributed by atoms with Gasteiger partial charge in [-0.25, -0.2) is 8.78 Å². The lowest BCUT2D eigenvalue weighted by atomic mass is 9.94. The van der Waals surface area contributed by atoms with E-state index >= 15 is 0 Å². The van der Waals surface area contributed by atoms with E-state index in [2.05, 4.69) is 5.32 Å². The highest BCUT2D eigenvalue weighted by Crippen LogP contribution is 2.66. The van der Waals surface area contributed by atoms with Crippen molar-refractivity contribution in [3.05, 3.63) is 71.8 Å². The van der Waals surface area contributed by atoms with Crippen LogP contribution in [0.2, 0.25) is 0 Å². The molecule has 4 rings (SSSR count). The maximum Gasteiger partial charge on any atom is 0.255 e. The minimum atomic E-state index is -2.71. The van der Waals surface area contributed by atoms with Crippen molar-refractivity contribution in [2.24, 2.45) is 17.8 Å². The molecule has 0 aliphatic heterocycles. The summed E-state index contributed by atoms with van der Waals surface area (Å²) in [5, 5.41) is 13.7. The summed E-state index contributed by atoms with van der Waals surface area (Å²) in [4.78, 5) is 12.7. The monoisotopic (exact) mass is 357 g/mol. The predicted octanol–water partition coefficient (Wildman–Crippen LogP) is 3.87. The van der Waals surface area contributed by atoms with Crippen molar-refractivity contribution >= 4 is 5.91 Å². The third kappa shape index (κ3) is 2.90. The van der Waals surface area contributed by atoms with Crippen LogP contribution in [0.1, 0.15) is 36.1 Å². The molecule has 0 bridgehead atoms. The molecule has 2 aromatic rings. The molecule has 1 amide bonds. The van der Waals surface area contributed by atoms with Crippen molar-refractivity contribution in [3.63, 3.8) is 0 Å². The molecule has 0 heterocycles. The quantitative estimate of drug-likeness (QED) is 0.853. The number of rotatable bonds is 5. The standard InChI is InChI=1S/C21H21F2NO2/c22-21(23)16-12-11-15(17(16)21)20(26)24-18(13-7-3-1-4-8-13)19(25)14-9-5-2-6-10-14/h1-10,15-19,25H,11-12H2,(H,24,26)/t15?,16?,17?,18-,19+/m0/s1. The number of carbonyl (C=O) groups excluding carboxylic acids is 1. The first kappa shape index (κ1) is 17.2. The second-order valence-electron chi connectivity index (χ2n) is 7.24. The Morgan fingerprint density at radius 1 is 1.00 bits per heavy atom. The summed E-state index contributed by atoms with van der Waals surface area (Å²) in [5.74, 6) is -5.26. The van der Waals surface area contributed by atoms with Crippen LogP contribution in [0.4, 0.5) is 8.78 Å². The van der Waals surface area contributed by atoms with Crippen molar-refractivity contribution in [1.82, 2.24) is 5.32 Å². The third-order valence-electron chi connectivity index (χ3n) is 5.74. The molecule has 3 nitrogen and oxygen atoms in total. The third-order valence-corrected chi connectivity index (χ3v) is 5.74. The van der Waals surface area contributed by atoms with E-state index in [9.17, 15) is 18.7 Å². The van der Waals surface area contributed by atoms with E-state index < -0.39 is 41.7 Å². The molecule has 0 saturated heterocycles. The molecule has 2 saturated carbocycles. The summed E-state index contributed by atoms with van der Waals surface area (Å²) < 4.78 is 27.4. The number of hydrogen-bond acceptors (Lipinski definition) is 2. The van der Waals surface area contributed by atoms with Gasteiger partial charge < -0.3 is 10.4 Å². The lowest BCUT2D eigenvalue weighted by Gasteiger charge is -2.27. The van der Waals surface area contributed by atoms with Gasteiger partial charge in [0.2, 0.25) is 5.91 Å². The first-order chi connectivity index (χ1) is 12.5. The molecular weight excluding hydrogens is 336 g/mol. The number of nitrogens with one attached hydrogen (secondary N) is 1. The molecular formula is C21H21F2NO2.